The van der Waals surface area contributed by atoms with Crippen molar-refractivity contribution in [3.05, 3.63) is 62.3 Å². The van der Waals surface area contributed by atoms with E-state index in [0.717, 1.165) is 36.3 Å². The highest BCUT2D eigenvalue weighted by atomic mass is 79.9. The predicted molar refractivity (Wildman–Crippen MR) is 178 cm³/mol. The number of halogens is 3. The number of amides is 2. The first kappa shape index (κ1) is 37.8. The standard InChI is InChI=1S/C16H20BrN3O2.C9H18N2O2.C7H3BrFN/c1-16(2,3)22-15(21)20-8-6-19(7-9-20)14-5-4-13(17)10-12(14)11-18;1-9(2,3)13-8(12)11-6-4-10-5-7-11;8-6-1-2-7(9)5(3-6)4-10/h4-5,10H,6-9H2,1-3H3;10H,4-7H2,1-3H3;1-3H. The second-order valence-electron chi connectivity index (χ2n) is 12.2. The molecule has 244 valence electrons. The van der Waals surface area contributed by atoms with Crippen LogP contribution in [0.4, 0.5) is 19.7 Å². The molecule has 13 heteroatoms. The van der Waals surface area contributed by atoms with Gasteiger partial charge in [-0.2, -0.15) is 10.5 Å². The molecule has 10 nitrogen and oxygen atoms in total. The molecule has 2 aliphatic rings. The van der Waals surface area contributed by atoms with Crippen LogP contribution in [0.1, 0.15) is 52.7 Å². The number of carbonyl (C=O) groups is 2. The Morgan fingerprint density at radius 1 is 0.756 bits per heavy atom. The topological polar surface area (TPSA) is 122 Å². The molecule has 2 amide bonds. The molecular formula is C32H41Br2FN6O4. The highest BCUT2D eigenvalue weighted by Gasteiger charge is 2.27. The van der Waals surface area contributed by atoms with Crippen molar-refractivity contribution in [2.75, 3.05) is 57.3 Å². The van der Waals surface area contributed by atoms with Crippen LogP contribution in [-0.2, 0) is 9.47 Å². The third-order valence-corrected chi connectivity index (χ3v) is 7.16. The fraction of sp³-hybridized carbons (Fsp3) is 0.500. The Morgan fingerprint density at radius 3 is 1.64 bits per heavy atom. The SMILES string of the molecule is CC(C)(C)OC(=O)N1CCN(c2ccc(Br)cc2C#N)CC1.CC(C)(C)OC(=O)N1CCNCC1.N#Cc1cc(Br)ccc1F. The molecule has 45 heavy (non-hydrogen) atoms. The first-order valence-corrected chi connectivity index (χ1v) is 16.1. The number of nitriles is 2. The van der Waals surface area contributed by atoms with Crippen LogP contribution < -0.4 is 10.2 Å². The van der Waals surface area contributed by atoms with Gasteiger partial charge in [0, 0.05) is 61.3 Å². The first-order valence-electron chi connectivity index (χ1n) is 14.5. The Balaban J connectivity index is 0.000000259. The molecule has 0 aromatic heterocycles. The summed E-state index contributed by atoms with van der Waals surface area (Å²) in [6.45, 7) is 17.0. The zero-order valence-electron chi connectivity index (χ0n) is 26.6. The Hall–Kier alpha value is -3.39. The van der Waals surface area contributed by atoms with Gasteiger partial charge < -0.3 is 29.5 Å². The molecule has 0 aliphatic carbocycles. The molecule has 4 rings (SSSR count). The van der Waals surface area contributed by atoms with Crippen molar-refractivity contribution < 1.29 is 23.5 Å². The molecule has 0 saturated carbocycles. The molecular weight excluding hydrogens is 711 g/mol. The van der Waals surface area contributed by atoms with Gasteiger partial charge in [-0.1, -0.05) is 31.9 Å². The van der Waals surface area contributed by atoms with Crippen molar-refractivity contribution in [3.63, 3.8) is 0 Å². The largest absolute Gasteiger partial charge is 0.444 e. The number of nitrogens with one attached hydrogen (secondary N) is 1. The van der Waals surface area contributed by atoms with E-state index in [-0.39, 0.29) is 23.4 Å². The first-order chi connectivity index (χ1) is 21.0. The summed E-state index contributed by atoms with van der Waals surface area (Å²) in [4.78, 5) is 29.1. The number of nitrogens with zero attached hydrogens (tertiary/aromatic N) is 5. The van der Waals surface area contributed by atoms with E-state index in [1.165, 1.54) is 12.1 Å². The van der Waals surface area contributed by atoms with E-state index in [9.17, 15) is 19.2 Å². The average molecular weight is 753 g/mol. The molecule has 0 unspecified atom stereocenters. The summed E-state index contributed by atoms with van der Waals surface area (Å²) in [7, 11) is 0. The van der Waals surface area contributed by atoms with Crippen molar-refractivity contribution in [2.45, 2.75) is 52.7 Å². The number of benzene rings is 2. The summed E-state index contributed by atoms with van der Waals surface area (Å²) >= 11 is 6.50. The molecule has 0 radical (unpaired) electrons. The van der Waals surface area contributed by atoms with E-state index in [2.05, 4.69) is 48.1 Å². The van der Waals surface area contributed by atoms with Gasteiger partial charge in [0.05, 0.1) is 16.8 Å². The van der Waals surface area contributed by atoms with Crippen LogP contribution in [0, 0.1) is 28.5 Å². The maximum absolute atomic E-state index is 12.5. The van der Waals surface area contributed by atoms with Crippen molar-refractivity contribution in [1.29, 1.82) is 10.5 Å². The maximum Gasteiger partial charge on any atom is 0.410 e. The maximum atomic E-state index is 12.5. The number of hydrogen-bond donors (Lipinski definition) is 1. The van der Waals surface area contributed by atoms with Crippen LogP contribution in [-0.4, -0.2) is 85.5 Å². The third kappa shape index (κ3) is 13.6. The molecule has 1 N–H and O–H groups in total. The van der Waals surface area contributed by atoms with Crippen LogP contribution in [0.3, 0.4) is 0 Å². The lowest BCUT2D eigenvalue weighted by Crippen LogP contribution is -2.50. The highest BCUT2D eigenvalue weighted by molar-refractivity contribution is 9.10. The van der Waals surface area contributed by atoms with Gasteiger partial charge in [-0.3, -0.25) is 0 Å². The highest BCUT2D eigenvalue weighted by Crippen LogP contribution is 2.25. The molecule has 2 saturated heterocycles. The van der Waals surface area contributed by atoms with Gasteiger partial charge in [0.15, 0.2) is 0 Å². The predicted octanol–water partition coefficient (Wildman–Crippen LogP) is 6.66. The van der Waals surface area contributed by atoms with E-state index in [1.807, 2.05) is 59.7 Å². The number of rotatable bonds is 1. The Bertz CT molecular complexity index is 1380. The molecule has 2 aliphatic heterocycles. The zero-order chi connectivity index (χ0) is 33.8. The summed E-state index contributed by atoms with van der Waals surface area (Å²) in [6.07, 6.45) is -0.475. The minimum absolute atomic E-state index is 0.0642. The monoisotopic (exact) mass is 750 g/mol. The molecule has 2 heterocycles. The second-order valence-corrected chi connectivity index (χ2v) is 14.0. The lowest BCUT2D eigenvalue weighted by molar-refractivity contribution is 0.0223. The van der Waals surface area contributed by atoms with E-state index >= 15 is 0 Å². The zero-order valence-corrected chi connectivity index (χ0v) is 29.8. The molecule has 0 spiro atoms. The Kier molecular flexibility index (Phi) is 14.6. The summed E-state index contributed by atoms with van der Waals surface area (Å²) in [6, 6.07) is 13.9. The van der Waals surface area contributed by atoms with Gasteiger partial charge in [0.1, 0.15) is 29.2 Å². The van der Waals surface area contributed by atoms with Gasteiger partial charge in [-0.25, -0.2) is 14.0 Å². The van der Waals surface area contributed by atoms with E-state index in [1.54, 1.807) is 21.9 Å². The summed E-state index contributed by atoms with van der Waals surface area (Å²) in [5, 5.41) is 20.8. The fourth-order valence-electron chi connectivity index (χ4n) is 4.09. The minimum atomic E-state index is -0.481. The lowest BCUT2D eigenvalue weighted by Gasteiger charge is -2.37. The number of ether oxygens (including phenoxy) is 2. The van der Waals surface area contributed by atoms with Crippen LogP contribution in [0.15, 0.2) is 45.3 Å². The smallest absolute Gasteiger partial charge is 0.410 e. The van der Waals surface area contributed by atoms with Crippen LogP contribution in [0.5, 0.6) is 0 Å². The molecule has 2 aromatic rings. The van der Waals surface area contributed by atoms with Crippen LogP contribution in [0.25, 0.3) is 0 Å². The molecule has 2 aromatic carbocycles. The van der Waals surface area contributed by atoms with Crippen molar-refractivity contribution >= 4 is 49.7 Å². The van der Waals surface area contributed by atoms with Crippen molar-refractivity contribution in [1.82, 2.24) is 15.1 Å². The lowest BCUT2D eigenvalue weighted by atomic mass is 10.1. The quantitative estimate of drug-likeness (QED) is 0.343. The van der Waals surface area contributed by atoms with E-state index < -0.39 is 11.4 Å². The average Bonchev–Trinajstić information content (AvgIpc) is 2.98. The van der Waals surface area contributed by atoms with Gasteiger partial charge >= 0.3 is 12.2 Å². The molecule has 0 atom stereocenters. The van der Waals surface area contributed by atoms with Crippen molar-refractivity contribution in [2.24, 2.45) is 0 Å². The number of anilines is 1. The number of hydrogen-bond acceptors (Lipinski definition) is 8. The third-order valence-electron chi connectivity index (χ3n) is 6.17. The van der Waals surface area contributed by atoms with Gasteiger partial charge in [-0.05, 0) is 77.9 Å². The summed E-state index contributed by atoms with van der Waals surface area (Å²) < 4.78 is 24.8. The Labute approximate surface area is 282 Å². The van der Waals surface area contributed by atoms with E-state index in [4.69, 9.17) is 14.7 Å². The fourth-order valence-corrected chi connectivity index (χ4v) is 4.81. The molecule has 2 fully saturated rings. The molecule has 0 bridgehead atoms. The van der Waals surface area contributed by atoms with Crippen molar-refractivity contribution in [3.8, 4) is 12.1 Å². The second kappa shape index (κ2) is 17.3. The summed E-state index contributed by atoms with van der Waals surface area (Å²) in [5.74, 6) is -0.481. The van der Waals surface area contributed by atoms with Gasteiger partial charge in [-0.15, -0.1) is 0 Å². The number of piperazine rings is 2. The minimum Gasteiger partial charge on any atom is -0.444 e. The van der Waals surface area contributed by atoms with E-state index in [0.29, 0.717) is 36.2 Å². The van der Waals surface area contributed by atoms with Gasteiger partial charge in [0.2, 0.25) is 0 Å². The Morgan fingerprint density at radius 2 is 1.20 bits per heavy atom. The number of carbonyl (C=O) groups excluding carboxylic acids is 2. The van der Waals surface area contributed by atoms with Crippen LogP contribution in [0.2, 0.25) is 0 Å². The van der Waals surface area contributed by atoms with Gasteiger partial charge in [0.25, 0.3) is 0 Å². The normalized spacial score (nSPS) is 14.9. The summed E-state index contributed by atoms with van der Waals surface area (Å²) in [5.41, 5.74) is 0.750. The van der Waals surface area contributed by atoms with Crippen LogP contribution >= 0.6 is 31.9 Å².